The Hall–Kier alpha value is -3.21. The summed E-state index contributed by atoms with van der Waals surface area (Å²) in [6, 6.07) is 17.0. The van der Waals surface area contributed by atoms with Gasteiger partial charge in [0.15, 0.2) is 0 Å². The van der Waals surface area contributed by atoms with Crippen LogP contribution in [-0.2, 0) is 6.54 Å². The zero-order valence-electron chi connectivity index (χ0n) is 13.4. The number of anilines is 2. The van der Waals surface area contributed by atoms with E-state index in [0.29, 0.717) is 12.2 Å². The van der Waals surface area contributed by atoms with Gasteiger partial charge < -0.3 is 10.6 Å². The highest BCUT2D eigenvalue weighted by atomic mass is 16.1. The number of nitrogens with one attached hydrogen (secondary N) is 2. The van der Waals surface area contributed by atoms with Crippen LogP contribution < -0.4 is 10.6 Å². The quantitative estimate of drug-likeness (QED) is 0.753. The fourth-order valence-corrected chi connectivity index (χ4v) is 2.26. The van der Waals surface area contributed by atoms with E-state index in [9.17, 15) is 4.79 Å². The molecule has 3 aromatic rings. The molecule has 0 aliphatic heterocycles. The number of para-hydroxylation sites is 1. The molecule has 0 radical (unpaired) electrons. The Morgan fingerprint density at radius 2 is 1.83 bits per heavy atom. The van der Waals surface area contributed by atoms with Crippen molar-refractivity contribution in [3.63, 3.8) is 0 Å². The summed E-state index contributed by atoms with van der Waals surface area (Å²) in [6.07, 6.45) is 3.37. The summed E-state index contributed by atoms with van der Waals surface area (Å²) in [4.78, 5) is 20.8. The second-order valence-corrected chi connectivity index (χ2v) is 5.37. The summed E-state index contributed by atoms with van der Waals surface area (Å²) >= 11 is 0. The third kappa shape index (κ3) is 3.95. The molecule has 0 unspecified atom stereocenters. The lowest BCUT2D eigenvalue weighted by Crippen LogP contribution is -2.14. The van der Waals surface area contributed by atoms with E-state index in [1.807, 2.05) is 55.5 Å². The molecule has 0 fully saturated rings. The van der Waals surface area contributed by atoms with Crippen LogP contribution in [0.2, 0.25) is 0 Å². The van der Waals surface area contributed by atoms with Crippen molar-refractivity contribution in [3.05, 3.63) is 83.9 Å². The first-order chi connectivity index (χ1) is 11.7. The molecule has 2 heterocycles. The minimum atomic E-state index is -0.231. The molecule has 0 aliphatic carbocycles. The van der Waals surface area contributed by atoms with Crippen LogP contribution in [0, 0.1) is 6.92 Å². The van der Waals surface area contributed by atoms with Gasteiger partial charge in [0.2, 0.25) is 0 Å². The van der Waals surface area contributed by atoms with E-state index >= 15 is 0 Å². The number of amides is 1. The van der Waals surface area contributed by atoms with Crippen molar-refractivity contribution in [1.82, 2.24) is 9.97 Å². The van der Waals surface area contributed by atoms with Crippen LogP contribution in [0.1, 0.15) is 21.7 Å². The molecule has 0 bridgehead atoms. The predicted molar refractivity (Wildman–Crippen MR) is 94.9 cm³/mol. The molecule has 0 atom stereocenters. The number of nitrogens with zero attached hydrogens (tertiary/aromatic N) is 2. The highest BCUT2D eigenvalue weighted by Crippen LogP contribution is 2.15. The first kappa shape index (κ1) is 15.7. The lowest BCUT2D eigenvalue weighted by Gasteiger charge is -2.09. The van der Waals surface area contributed by atoms with Gasteiger partial charge in [-0.25, -0.2) is 0 Å². The normalized spacial score (nSPS) is 10.2. The van der Waals surface area contributed by atoms with Gasteiger partial charge >= 0.3 is 0 Å². The number of carbonyl (C=O) groups is 1. The van der Waals surface area contributed by atoms with E-state index < -0.39 is 0 Å². The van der Waals surface area contributed by atoms with Crippen molar-refractivity contribution in [2.75, 3.05) is 10.6 Å². The van der Waals surface area contributed by atoms with Crippen molar-refractivity contribution in [3.8, 4) is 0 Å². The maximum absolute atomic E-state index is 12.4. The highest BCUT2D eigenvalue weighted by Gasteiger charge is 2.09. The lowest BCUT2D eigenvalue weighted by molar-refractivity contribution is 0.102. The second-order valence-electron chi connectivity index (χ2n) is 5.37. The van der Waals surface area contributed by atoms with Gasteiger partial charge in [0.05, 0.1) is 12.2 Å². The number of aromatic nitrogens is 2. The molecule has 5 nitrogen and oxygen atoms in total. The molecule has 0 saturated carbocycles. The zero-order chi connectivity index (χ0) is 16.8. The molecule has 1 aromatic carbocycles. The first-order valence-corrected chi connectivity index (χ1v) is 7.69. The van der Waals surface area contributed by atoms with E-state index in [1.54, 1.807) is 18.5 Å². The predicted octanol–water partition coefficient (Wildman–Crippen LogP) is 3.65. The van der Waals surface area contributed by atoms with E-state index in [2.05, 4.69) is 20.6 Å². The van der Waals surface area contributed by atoms with Crippen LogP contribution in [0.4, 0.5) is 11.4 Å². The summed E-state index contributed by atoms with van der Waals surface area (Å²) in [5.74, 6) is -0.231. The SMILES string of the molecule is Cc1ccccc1NC(=O)c1cc(NCc2ccccn2)ccn1. The standard InChI is InChI=1S/C19H18N4O/c1-14-6-2-3-8-17(14)23-19(24)18-12-15(9-11-21-18)22-13-16-7-4-5-10-20-16/h2-12H,13H2,1H3,(H,21,22)(H,23,24). The number of aryl methyl sites for hydroxylation is 1. The molecule has 3 rings (SSSR count). The number of carbonyl (C=O) groups excluding carboxylic acids is 1. The average Bonchev–Trinajstić information content (AvgIpc) is 2.63. The van der Waals surface area contributed by atoms with Crippen molar-refractivity contribution >= 4 is 17.3 Å². The molecule has 0 aliphatic rings. The van der Waals surface area contributed by atoms with Crippen molar-refractivity contribution in [1.29, 1.82) is 0 Å². The Labute approximate surface area is 140 Å². The van der Waals surface area contributed by atoms with Crippen LogP contribution in [0.15, 0.2) is 67.0 Å². The molecular weight excluding hydrogens is 300 g/mol. The van der Waals surface area contributed by atoms with Gasteiger partial charge in [0.25, 0.3) is 5.91 Å². The Kier molecular flexibility index (Phi) is 4.81. The van der Waals surface area contributed by atoms with Crippen LogP contribution in [0.5, 0.6) is 0 Å². The van der Waals surface area contributed by atoms with Gasteiger partial charge in [-0.15, -0.1) is 0 Å². The van der Waals surface area contributed by atoms with E-state index in [0.717, 1.165) is 22.6 Å². The van der Waals surface area contributed by atoms with Gasteiger partial charge in [0, 0.05) is 23.8 Å². The molecule has 2 aromatic heterocycles. The van der Waals surface area contributed by atoms with E-state index in [-0.39, 0.29) is 5.91 Å². The largest absolute Gasteiger partial charge is 0.379 e. The van der Waals surface area contributed by atoms with Gasteiger partial charge in [-0.2, -0.15) is 0 Å². The molecule has 120 valence electrons. The van der Waals surface area contributed by atoms with Crippen LogP contribution >= 0.6 is 0 Å². The number of benzene rings is 1. The Morgan fingerprint density at radius 1 is 1.00 bits per heavy atom. The van der Waals surface area contributed by atoms with Gasteiger partial charge in [0.1, 0.15) is 5.69 Å². The van der Waals surface area contributed by atoms with Crippen LogP contribution in [-0.4, -0.2) is 15.9 Å². The maximum atomic E-state index is 12.4. The van der Waals surface area contributed by atoms with Gasteiger partial charge in [-0.05, 0) is 42.8 Å². The maximum Gasteiger partial charge on any atom is 0.274 e. The van der Waals surface area contributed by atoms with Crippen LogP contribution in [0.3, 0.4) is 0 Å². The lowest BCUT2D eigenvalue weighted by atomic mass is 10.2. The van der Waals surface area contributed by atoms with Crippen molar-refractivity contribution in [2.24, 2.45) is 0 Å². The number of rotatable bonds is 5. The van der Waals surface area contributed by atoms with Gasteiger partial charge in [-0.1, -0.05) is 24.3 Å². The second kappa shape index (κ2) is 7.37. The average molecular weight is 318 g/mol. The summed E-state index contributed by atoms with van der Waals surface area (Å²) in [5, 5.41) is 6.13. The molecule has 0 saturated heterocycles. The zero-order valence-corrected chi connectivity index (χ0v) is 13.4. The monoisotopic (exact) mass is 318 g/mol. The molecule has 0 spiro atoms. The minimum Gasteiger partial charge on any atom is -0.379 e. The Morgan fingerprint density at radius 3 is 2.62 bits per heavy atom. The fraction of sp³-hybridized carbons (Fsp3) is 0.105. The molecule has 1 amide bonds. The number of hydrogen-bond donors (Lipinski definition) is 2. The number of hydrogen-bond acceptors (Lipinski definition) is 4. The third-order valence-electron chi connectivity index (χ3n) is 3.59. The fourth-order valence-electron chi connectivity index (χ4n) is 2.26. The van der Waals surface area contributed by atoms with Crippen molar-refractivity contribution in [2.45, 2.75) is 13.5 Å². The van der Waals surface area contributed by atoms with Crippen LogP contribution in [0.25, 0.3) is 0 Å². The first-order valence-electron chi connectivity index (χ1n) is 7.69. The Bertz CT molecular complexity index is 834. The summed E-state index contributed by atoms with van der Waals surface area (Å²) in [5.41, 5.74) is 3.92. The highest BCUT2D eigenvalue weighted by molar-refractivity contribution is 6.03. The molecule has 24 heavy (non-hydrogen) atoms. The smallest absolute Gasteiger partial charge is 0.274 e. The van der Waals surface area contributed by atoms with E-state index in [4.69, 9.17) is 0 Å². The molecule has 2 N–H and O–H groups in total. The van der Waals surface area contributed by atoms with Crippen molar-refractivity contribution < 1.29 is 4.79 Å². The summed E-state index contributed by atoms with van der Waals surface area (Å²) < 4.78 is 0. The third-order valence-corrected chi connectivity index (χ3v) is 3.59. The molecule has 5 heteroatoms. The topological polar surface area (TPSA) is 66.9 Å². The van der Waals surface area contributed by atoms with Gasteiger partial charge in [-0.3, -0.25) is 14.8 Å². The summed E-state index contributed by atoms with van der Waals surface area (Å²) in [6.45, 7) is 2.54. The molecular formula is C19H18N4O. The summed E-state index contributed by atoms with van der Waals surface area (Å²) in [7, 11) is 0. The minimum absolute atomic E-state index is 0.231. The van der Waals surface area contributed by atoms with E-state index in [1.165, 1.54) is 0 Å². The number of pyridine rings is 2. The Balaban J connectivity index is 1.68.